The van der Waals surface area contributed by atoms with Gasteiger partial charge >= 0.3 is 0 Å². The minimum Gasteiger partial charge on any atom is -0.490 e. The Morgan fingerprint density at radius 2 is 2.03 bits per heavy atom. The van der Waals surface area contributed by atoms with Gasteiger partial charge in [-0.1, -0.05) is 12.1 Å². The summed E-state index contributed by atoms with van der Waals surface area (Å²) in [6.07, 6.45) is 3.88. The van der Waals surface area contributed by atoms with Crippen LogP contribution in [0.25, 0.3) is 10.8 Å². The second kappa shape index (κ2) is 9.85. The number of amides is 1. The zero-order valence-electron chi connectivity index (χ0n) is 17.9. The molecule has 2 aromatic heterocycles. The molecule has 8 heteroatoms. The second-order valence-electron chi connectivity index (χ2n) is 8.13. The number of piperazine rings is 1. The molecule has 1 aromatic carbocycles. The number of para-hydroxylation sites is 1. The fourth-order valence-electron chi connectivity index (χ4n) is 4.13. The molecule has 1 unspecified atom stereocenters. The molecule has 2 aliphatic rings. The van der Waals surface area contributed by atoms with Crippen LogP contribution in [0.3, 0.4) is 0 Å². The van der Waals surface area contributed by atoms with Gasteiger partial charge in [0.05, 0.1) is 23.6 Å². The Labute approximate surface area is 191 Å². The normalized spacial score (nSPS) is 19.4. The number of benzene rings is 1. The van der Waals surface area contributed by atoms with Gasteiger partial charge in [0.1, 0.15) is 12.4 Å². The largest absolute Gasteiger partial charge is 0.490 e. The number of carbonyl (C=O) groups is 1. The number of ether oxygens (including phenoxy) is 2. The maximum absolute atomic E-state index is 13.2. The Balaban J connectivity index is 1.15. The van der Waals surface area contributed by atoms with Crippen molar-refractivity contribution >= 4 is 17.2 Å². The van der Waals surface area contributed by atoms with Crippen molar-refractivity contribution in [2.75, 3.05) is 39.4 Å². The predicted molar refractivity (Wildman–Crippen MR) is 122 cm³/mol. The van der Waals surface area contributed by atoms with Crippen LogP contribution in [0, 0.1) is 0 Å². The zero-order valence-corrected chi connectivity index (χ0v) is 18.8. The van der Waals surface area contributed by atoms with Crippen molar-refractivity contribution in [2.45, 2.75) is 25.5 Å². The standard InChI is InChI=1S/C24H27N3O4S/c28-24(20-6-1-2-7-21(20)31-16-19-5-3-13-29-19)27-11-9-26(10-12-27)15-18-17-32-23(25-18)22-8-4-14-30-22/h1-2,4,6-8,14,17,19H,3,5,9-13,15-16H2. The fraction of sp³-hybridized carbons (Fsp3) is 0.417. The van der Waals surface area contributed by atoms with Gasteiger partial charge in [-0.2, -0.15) is 0 Å². The van der Waals surface area contributed by atoms with Gasteiger partial charge < -0.3 is 18.8 Å². The predicted octanol–water partition coefficient (Wildman–Crippen LogP) is 3.92. The lowest BCUT2D eigenvalue weighted by Crippen LogP contribution is -2.48. The van der Waals surface area contributed by atoms with E-state index in [-0.39, 0.29) is 12.0 Å². The van der Waals surface area contributed by atoms with Gasteiger partial charge in [0.2, 0.25) is 0 Å². The molecule has 4 heterocycles. The molecule has 2 aliphatic heterocycles. The van der Waals surface area contributed by atoms with Gasteiger partial charge in [-0.25, -0.2) is 4.98 Å². The molecule has 0 radical (unpaired) electrons. The summed E-state index contributed by atoms with van der Waals surface area (Å²) >= 11 is 1.59. The molecule has 1 amide bonds. The third-order valence-electron chi connectivity index (χ3n) is 5.90. The van der Waals surface area contributed by atoms with Crippen molar-refractivity contribution < 1.29 is 18.7 Å². The molecule has 0 spiro atoms. The van der Waals surface area contributed by atoms with Crippen LogP contribution < -0.4 is 4.74 Å². The first kappa shape index (κ1) is 21.2. The monoisotopic (exact) mass is 453 g/mol. The molecule has 5 rings (SSSR count). The highest BCUT2D eigenvalue weighted by molar-refractivity contribution is 7.13. The SMILES string of the molecule is O=C(c1ccccc1OCC1CCCO1)N1CCN(Cc2csc(-c3ccco3)n2)CC1. The first-order chi connectivity index (χ1) is 15.8. The Morgan fingerprint density at radius 1 is 1.16 bits per heavy atom. The molecule has 0 N–H and O–H groups in total. The number of hydrogen-bond acceptors (Lipinski definition) is 7. The molecule has 2 fully saturated rings. The summed E-state index contributed by atoms with van der Waals surface area (Å²) in [7, 11) is 0. The number of carbonyl (C=O) groups excluding carboxylic acids is 1. The average molecular weight is 454 g/mol. The summed E-state index contributed by atoms with van der Waals surface area (Å²) in [4.78, 5) is 22.1. The van der Waals surface area contributed by atoms with Crippen molar-refractivity contribution in [2.24, 2.45) is 0 Å². The highest BCUT2D eigenvalue weighted by atomic mass is 32.1. The summed E-state index contributed by atoms with van der Waals surface area (Å²) in [6, 6.07) is 11.3. The quantitative estimate of drug-likeness (QED) is 0.540. The average Bonchev–Trinajstić information content (AvgIpc) is 3.61. The molecule has 7 nitrogen and oxygen atoms in total. The van der Waals surface area contributed by atoms with Crippen molar-refractivity contribution in [3.8, 4) is 16.5 Å². The van der Waals surface area contributed by atoms with Gasteiger partial charge in [0.25, 0.3) is 5.91 Å². The molecular weight excluding hydrogens is 426 g/mol. The van der Waals surface area contributed by atoms with E-state index in [2.05, 4.69) is 15.3 Å². The van der Waals surface area contributed by atoms with Crippen LogP contribution >= 0.6 is 11.3 Å². The highest BCUT2D eigenvalue weighted by Crippen LogP contribution is 2.25. The van der Waals surface area contributed by atoms with E-state index >= 15 is 0 Å². The Hall–Kier alpha value is -2.68. The van der Waals surface area contributed by atoms with Crippen LogP contribution in [0.15, 0.2) is 52.5 Å². The third-order valence-corrected chi connectivity index (χ3v) is 6.80. The molecular formula is C24H27N3O4S. The molecule has 32 heavy (non-hydrogen) atoms. The van der Waals surface area contributed by atoms with Gasteiger partial charge in [-0.15, -0.1) is 11.3 Å². The van der Waals surface area contributed by atoms with Crippen molar-refractivity contribution in [1.29, 1.82) is 0 Å². The highest BCUT2D eigenvalue weighted by Gasteiger charge is 2.25. The van der Waals surface area contributed by atoms with E-state index < -0.39 is 0 Å². The van der Waals surface area contributed by atoms with Crippen LogP contribution in [0.2, 0.25) is 0 Å². The van der Waals surface area contributed by atoms with Crippen molar-refractivity contribution in [1.82, 2.24) is 14.8 Å². The maximum atomic E-state index is 13.2. The lowest BCUT2D eigenvalue weighted by atomic mass is 10.1. The minimum absolute atomic E-state index is 0.0290. The molecule has 0 aliphatic carbocycles. The lowest BCUT2D eigenvalue weighted by molar-refractivity contribution is 0.0592. The number of nitrogens with zero attached hydrogens (tertiary/aromatic N) is 3. The zero-order chi connectivity index (χ0) is 21.8. The van der Waals surface area contributed by atoms with Crippen LogP contribution in [-0.4, -0.2) is 66.2 Å². The smallest absolute Gasteiger partial charge is 0.257 e. The van der Waals surface area contributed by atoms with E-state index in [1.807, 2.05) is 41.3 Å². The topological polar surface area (TPSA) is 68.0 Å². The second-order valence-corrected chi connectivity index (χ2v) is 8.99. The van der Waals surface area contributed by atoms with E-state index in [0.717, 1.165) is 55.5 Å². The van der Waals surface area contributed by atoms with Crippen LogP contribution in [-0.2, 0) is 11.3 Å². The van der Waals surface area contributed by atoms with Crippen LogP contribution in [0.5, 0.6) is 5.75 Å². The summed E-state index contributed by atoms with van der Waals surface area (Å²) in [5.41, 5.74) is 1.66. The van der Waals surface area contributed by atoms with Crippen LogP contribution in [0.1, 0.15) is 28.9 Å². The first-order valence-electron chi connectivity index (χ1n) is 11.1. The van der Waals surface area contributed by atoms with Crippen LogP contribution in [0.4, 0.5) is 0 Å². The van der Waals surface area contributed by atoms with E-state index in [4.69, 9.17) is 13.9 Å². The number of aromatic nitrogens is 1. The number of hydrogen-bond donors (Lipinski definition) is 0. The van der Waals surface area contributed by atoms with Crippen molar-refractivity contribution in [3.05, 3.63) is 59.3 Å². The van der Waals surface area contributed by atoms with E-state index in [9.17, 15) is 4.79 Å². The van der Waals surface area contributed by atoms with E-state index in [1.54, 1.807) is 17.6 Å². The summed E-state index contributed by atoms with van der Waals surface area (Å²) < 4.78 is 17.0. The number of furan rings is 1. The Morgan fingerprint density at radius 3 is 2.81 bits per heavy atom. The number of rotatable bonds is 7. The van der Waals surface area contributed by atoms with E-state index in [1.165, 1.54) is 0 Å². The molecule has 1 atom stereocenters. The van der Waals surface area contributed by atoms with Gasteiger partial charge in [-0.3, -0.25) is 9.69 Å². The first-order valence-corrected chi connectivity index (χ1v) is 12.0. The summed E-state index contributed by atoms with van der Waals surface area (Å²) in [6.45, 7) is 5.08. The van der Waals surface area contributed by atoms with E-state index in [0.29, 0.717) is 31.0 Å². The third kappa shape index (κ3) is 4.87. The molecule has 2 saturated heterocycles. The molecule has 3 aromatic rings. The minimum atomic E-state index is 0.0290. The molecule has 0 bridgehead atoms. The Bertz CT molecular complexity index is 1020. The fourth-order valence-corrected chi connectivity index (χ4v) is 4.91. The molecule has 168 valence electrons. The number of thiazole rings is 1. The van der Waals surface area contributed by atoms with Crippen molar-refractivity contribution in [3.63, 3.8) is 0 Å². The lowest BCUT2D eigenvalue weighted by Gasteiger charge is -2.34. The summed E-state index contributed by atoms with van der Waals surface area (Å²) in [5.74, 6) is 1.47. The van der Waals surface area contributed by atoms with Gasteiger partial charge in [0, 0.05) is 44.7 Å². The Kier molecular flexibility index (Phi) is 6.52. The van der Waals surface area contributed by atoms with Gasteiger partial charge in [0.15, 0.2) is 10.8 Å². The maximum Gasteiger partial charge on any atom is 0.257 e. The molecule has 0 saturated carbocycles. The summed E-state index contributed by atoms with van der Waals surface area (Å²) in [5, 5.41) is 2.98. The van der Waals surface area contributed by atoms with Gasteiger partial charge in [-0.05, 0) is 37.1 Å².